The molecule has 0 aromatic heterocycles. The standard InChI is InChI=1S/C14H16N2O3S/c1-19-14-7-3-6-13(9-14)16-20(17,18)10-11-4-2-5-12(15)8-11/h2-9,16H,10,15H2,1H3. The van der Waals surface area contributed by atoms with E-state index in [0.29, 0.717) is 22.7 Å². The molecule has 0 amide bonds. The molecule has 0 saturated carbocycles. The first-order valence-electron chi connectivity index (χ1n) is 5.97. The number of nitrogen functional groups attached to an aromatic ring is 1. The topological polar surface area (TPSA) is 81.4 Å². The third kappa shape index (κ3) is 3.89. The zero-order chi connectivity index (χ0) is 14.6. The van der Waals surface area contributed by atoms with Crippen molar-refractivity contribution in [2.45, 2.75) is 5.75 Å². The molecule has 0 aliphatic heterocycles. The zero-order valence-electron chi connectivity index (χ0n) is 11.0. The first kappa shape index (κ1) is 14.2. The van der Waals surface area contributed by atoms with Gasteiger partial charge in [0.15, 0.2) is 0 Å². The quantitative estimate of drug-likeness (QED) is 0.828. The highest BCUT2D eigenvalue weighted by Gasteiger charge is 2.12. The molecule has 2 aromatic rings. The molecule has 106 valence electrons. The molecule has 5 nitrogen and oxygen atoms in total. The summed E-state index contributed by atoms with van der Waals surface area (Å²) in [5.74, 6) is 0.462. The maximum absolute atomic E-state index is 12.1. The molecule has 0 heterocycles. The summed E-state index contributed by atoms with van der Waals surface area (Å²) in [5, 5.41) is 0. The molecular formula is C14H16N2O3S. The number of hydrogen-bond acceptors (Lipinski definition) is 4. The van der Waals surface area contributed by atoms with Crippen molar-refractivity contribution < 1.29 is 13.2 Å². The van der Waals surface area contributed by atoms with Crippen molar-refractivity contribution in [2.24, 2.45) is 0 Å². The van der Waals surface area contributed by atoms with Crippen LogP contribution in [0.15, 0.2) is 48.5 Å². The van der Waals surface area contributed by atoms with E-state index in [0.717, 1.165) is 0 Å². The minimum absolute atomic E-state index is 0.130. The van der Waals surface area contributed by atoms with E-state index >= 15 is 0 Å². The molecule has 6 heteroatoms. The summed E-state index contributed by atoms with van der Waals surface area (Å²) in [4.78, 5) is 0. The van der Waals surface area contributed by atoms with E-state index in [4.69, 9.17) is 10.5 Å². The van der Waals surface area contributed by atoms with E-state index in [1.807, 2.05) is 0 Å². The van der Waals surface area contributed by atoms with Crippen LogP contribution in [0, 0.1) is 0 Å². The summed E-state index contributed by atoms with van der Waals surface area (Å²) in [6, 6.07) is 13.6. The van der Waals surface area contributed by atoms with E-state index < -0.39 is 10.0 Å². The maximum Gasteiger partial charge on any atom is 0.236 e. The van der Waals surface area contributed by atoms with Crippen LogP contribution in [0.5, 0.6) is 5.75 Å². The number of nitrogens with one attached hydrogen (secondary N) is 1. The van der Waals surface area contributed by atoms with Gasteiger partial charge in [-0.05, 0) is 29.8 Å². The molecular weight excluding hydrogens is 276 g/mol. The fraction of sp³-hybridized carbons (Fsp3) is 0.143. The van der Waals surface area contributed by atoms with Crippen molar-refractivity contribution in [2.75, 3.05) is 17.6 Å². The van der Waals surface area contributed by atoms with Gasteiger partial charge in [0.1, 0.15) is 5.75 Å². The van der Waals surface area contributed by atoms with Gasteiger partial charge >= 0.3 is 0 Å². The van der Waals surface area contributed by atoms with Crippen molar-refractivity contribution in [3.63, 3.8) is 0 Å². The van der Waals surface area contributed by atoms with Crippen LogP contribution in [0.25, 0.3) is 0 Å². The Labute approximate surface area is 118 Å². The van der Waals surface area contributed by atoms with Crippen molar-refractivity contribution in [1.82, 2.24) is 0 Å². The monoisotopic (exact) mass is 292 g/mol. The van der Waals surface area contributed by atoms with Gasteiger partial charge in [0.25, 0.3) is 0 Å². The molecule has 0 atom stereocenters. The second-order valence-electron chi connectivity index (χ2n) is 4.34. The van der Waals surface area contributed by atoms with Gasteiger partial charge in [-0.2, -0.15) is 0 Å². The average Bonchev–Trinajstić information content (AvgIpc) is 2.37. The van der Waals surface area contributed by atoms with Crippen molar-refractivity contribution >= 4 is 21.4 Å². The van der Waals surface area contributed by atoms with Gasteiger partial charge in [0, 0.05) is 11.8 Å². The lowest BCUT2D eigenvalue weighted by Gasteiger charge is -2.09. The number of sulfonamides is 1. The van der Waals surface area contributed by atoms with Crippen LogP contribution in [-0.2, 0) is 15.8 Å². The van der Waals surface area contributed by atoms with Crippen LogP contribution < -0.4 is 15.2 Å². The predicted octanol–water partition coefficient (Wildman–Crippen LogP) is 2.22. The molecule has 0 aliphatic rings. The smallest absolute Gasteiger partial charge is 0.236 e. The second-order valence-corrected chi connectivity index (χ2v) is 6.06. The summed E-state index contributed by atoms with van der Waals surface area (Å²) in [5.41, 5.74) is 7.28. The number of methoxy groups -OCH3 is 1. The molecule has 0 aliphatic carbocycles. The Hall–Kier alpha value is -2.21. The number of hydrogen-bond donors (Lipinski definition) is 2. The minimum Gasteiger partial charge on any atom is -0.497 e. The highest BCUT2D eigenvalue weighted by Crippen LogP contribution is 2.19. The third-order valence-electron chi connectivity index (χ3n) is 2.65. The average molecular weight is 292 g/mol. The van der Waals surface area contributed by atoms with Gasteiger partial charge < -0.3 is 10.5 Å². The number of ether oxygens (including phenoxy) is 1. The first-order valence-corrected chi connectivity index (χ1v) is 7.63. The number of benzene rings is 2. The largest absolute Gasteiger partial charge is 0.497 e. The van der Waals surface area contributed by atoms with Crippen LogP contribution in [0.1, 0.15) is 5.56 Å². The molecule has 0 fully saturated rings. The van der Waals surface area contributed by atoms with Gasteiger partial charge in [0.2, 0.25) is 10.0 Å². The van der Waals surface area contributed by atoms with E-state index in [-0.39, 0.29) is 5.75 Å². The summed E-state index contributed by atoms with van der Waals surface area (Å²) >= 11 is 0. The first-order chi connectivity index (χ1) is 9.48. The van der Waals surface area contributed by atoms with Gasteiger partial charge in [-0.3, -0.25) is 4.72 Å². The van der Waals surface area contributed by atoms with Gasteiger partial charge in [-0.1, -0.05) is 18.2 Å². The molecule has 2 aromatic carbocycles. The Morgan fingerprint density at radius 3 is 2.60 bits per heavy atom. The molecule has 0 unspecified atom stereocenters. The minimum atomic E-state index is -3.49. The van der Waals surface area contributed by atoms with Crippen molar-refractivity contribution in [3.8, 4) is 5.75 Å². The van der Waals surface area contributed by atoms with Gasteiger partial charge in [-0.15, -0.1) is 0 Å². The van der Waals surface area contributed by atoms with Crippen molar-refractivity contribution in [1.29, 1.82) is 0 Å². The molecule has 0 spiro atoms. The normalized spacial score (nSPS) is 11.1. The lowest BCUT2D eigenvalue weighted by Crippen LogP contribution is -2.15. The number of anilines is 2. The Morgan fingerprint density at radius 2 is 1.90 bits per heavy atom. The lowest BCUT2D eigenvalue weighted by atomic mass is 10.2. The number of rotatable bonds is 5. The van der Waals surface area contributed by atoms with Gasteiger partial charge in [-0.25, -0.2) is 8.42 Å². The maximum atomic E-state index is 12.1. The highest BCUT2D eigenvalue weighted by molar-refractivity contribution is 7.91. The highest BCUT2D eigenvalue weighted by atomic mass is 32.2. The Morgan fingerprint density at radius 1 is 1.15 bits per heavy atom. The third-order valence-corrected chi connectivity index (χ3v) is 3.91. The molecule has 2 rings (SSSR count). The molecule has 20 heavy (non-hydrogen) atoms. The zero-order valence-corrected chi connectivity index (χ0v) is 11.9. The van der Waals surface area contributed by atoms with Crippen LogP contribution in [0.2, 0.25) is 0 Å². The van der Waals surface area contributed by atoms with Crippen LogP contribution in [-0.4, -0.2) is 15.5 Å². The second kappa shape index (κ2) is 5.83. The van der Waals surface area contributed by atoms with Crippen molar-refractivity contribution in [3.05, 3.63) is 54.1 Å². The number of nitrogens with two attached hydrogens (primary N) is 1. The molecule has 0 bridgehead atoms. The fourth-order valence-electron chi connectivity index (χ4n) is 1.80. The molecule has 3 N–H and O–H groups in total. The van der Waals surface area contributed by atoms with E-state index in [1.54, 1.807) is 48.5 Å². The molecule has 0 radical (unpaired) electrons. The van der Waals surface area contributed by atoms with Crippen LogP contribution in [0.4, 0.5) is 11.4 Å². The predicted molar refractivity (Wildman–Crippen MR) is 80.1 cm³/mol. The van der Waals surface area contributed by atoms with E-state index in [1.165, 1.54) is 7.11 Å². The van der Waals surface area contributed by atoms with Crippen LogP contribution >= 0.6 is 0 Å². The Kier molecular flexibility index (Phi) is 4.14. The Bertz CT molecular complexity index is 699. The summed E-state index contributed by atoms with van der Waals surface area (Å²) in [6.45, 7) is 0. The Balaban J connectivity index is 2.14. The van der Waals surface area contributed by atoms with E-state index in [9.17, 15) is 8.42 Å². The summed E-state index contributed by atoms with van der Waals surface area (Å²) in [6.07, 6.45) is 0. The molecule has 0 saturated heterocycles. The fourth-order valence-corrected chi connectivity index (χ4v) is 2.98. The summed E-state index contributed by atoms with van der Waals surface area (Å²) < 4.78 is 31.7. The van der Waals surface area contributed by atoms with Crippen LogP contribution in [0.3, 0.4) is 0 Å². The summed E-state index contributed by atoms with van der Waals surface area (Å²) in [7, 11) is -1.96. The van der Waals surface area contributed by atoms with E-state index in [2.05, 4.69) is 4.72 Å². The SMILES string of the molecule is COc1cccc(NS(=O)(=O)Cc2cccc(N)c2)c1. The lowest BCUT2D eigenvalue weighted by molar-refractivity contribution is 0.415. The van der Waals surface area contributed by atoms with Gasteiger partial charge in [0.05, 0.1) is 18.6 Å².